The second kappa shape index (κ2) is 8.52. The van der Waals surface area contributed by atoms with Crippen molar-refractivity contribution in [1.82, 2.24) is 15.5 Å². The lowest BCUT2D eigenvalue weighted by Gasteiger charge is -2.14. The number of nitrogens with zero attached hydrogens (tertiary/aromatic N) is 2. The first-order valence-electron chi connectivity index (χ1n) is 9.04. The molecule has 0 atom stereocenters. The summed E-state index contributed by atoms with van der Waals surface area (Å²) >= 11 is 0. The van der Waals surface area contributed by atoms with E-state index in [1.165, 1.54) is 6.07 Å². The normalized spacial score (nSPS) is 12.5. The summed E-state index contributed by atoms with van der Waals surface area (Å²) in [7, 11) is 0. The fraction of sp³-hybridized carbons (Fsp3) is 0.200. The standard InChI is InChI=1S/C20H18N4O6/c1-12-4-2-3-5-14(12)18(26)22-9-8-21-17(25)11-23-19(27)15-7-6-13(24(29)30)10-16(15)20(23)28/h2-7,10H,8-9,11H2,1H3,(H,21,25)(H,22,26). The number of nitrogens with one attached hydrogen (secondary N) is 2. The first kappa shape index (κ1) is 20.6. The fourth-order valence-corrected chi connectivity index (χ4v) is 3.04. The number of imide groups is 1. The summed E-state index contributed by atoms with van der Waals surface area (Å²) in [5.41, 5.74) is 0.954. The molecule has 1 aliphatic heterocycles. The largest absolute Gasteiger partial charge is 0.353 e. The van der Waals surface area contributed by atoms with E-state index in [0.717, 1.165) is 22.6 Å². The van der Waals surface area contributed by atoms with Gasteiger partial charge in [0.05, 0.1) is 16.1 Å². The zero-order valence-corrected chi connectivity index (χ0v) is 16.0. The summed E-state index contributed by atoms with van der Waals surface area (Å²) in [6.07, 6.45) is 0. The lowest BCUT2D eigenvalue weighted by Crippen LogP contribution is -2.42. The molecule has 30 heavy (non-hydrogen) atoms. The Kier molecular flexibility index (Phi) is 5.86. The predicted molar refractivity (Wildman–Crippen MR) is 105 cm³/mol. The first-order valence-corrected chi connectivity index (χ1v) is 9.04. The van der Waals surface area contributed by atoms with Crippen LogP contribution in [0.25, 0.3) is 0 Å². The average molecular weight is 410 g/mol. The van der Waals surface area contributed by atoms with E-state index in [9.17, 15) is 29.3 Å². The van der Waals surface area contributed by atoms with Crippen LogP contribution < -0.4 is 10.6 Å². The number of rotatable bonds is 7. The van der Waals surface area contributed by atoms with Gasteiger partial charge in [-0.25, -0.2) is 0 Å². The molecule has 4 amide bonds. The molecule has 10 heteroatoms. The SMILES string of the molecule is Cc1ccccc1C(=O)NCCNC(=O)CN1C(=O)c2ccc([N+](=O)[O-])cc2C1=O. The summed E-state index contributed by atoms with van der Waals surface area (Å²) in [6.45, 7) is 1.55. The van der Waals surface area contributed by atoms with E-state index in [0.29, 0.717) is 5.56 Å². The number of hydrogen-bond acceptors (Lipinski definition) is 6. The molecule has 2 aromatic rings. The summed E-state index contributed by atoms with van der Waals surface area (Å²) in [5, 5.41) is 16.0. The zero-order chi connectivity index (χ0) is 21.8. The van der Waals surface area contributed by atoms with Crippen molar-refractivity contribution in [2.75, 3.05) is 19.6 Å². The molecule has 0 bridgehead atoms. The van der Waals surface area contributed by atoms with Crippen molar-refractivity contribution < 1.29 is 24.1 Å². The van der Waals surface area contributed by atoms with Crippen LogP contribution >= 0.6 is 0 Å². The summed E-state index contributed by atoms with van der Waals surface area (Å²) in [4.78, 5) is 59.8. The maximum atomic E-state index is 12.4. The van der Waals surface area contributed by atoms with Crippen LogP contribution in [-0.2, 0) is 4.79 Å². The molecule has 0 aliphatic carbocycles. The van der Waals surface area contributed by atoms with Gasteiger partial charge in [0.15, 0.2) is 0 Å². The Morgan fingerprint density at radius 2 is 1.67 bits per heavy atom. The summed E-state index contributed by atoms with van der Waals surface area (Å²) < 4.78 is 0. The van der Waals surface area contributed by atoms with Gasteiger partial charge < -0.3 is 10.6 Å². The first-order chi connectivity index (χ1) is 14.3. The quantitative estimate of drug-likeness (QED) is 0.303. The molecule has 154 valence electrons. The molecule has 1 heterocycles. The Morgan fingerprint density at radius 1 is 1.00 bits per heavy atom. The van der Waals surface area contributed by atoms with Gasteiger partial charge in [0.25, 0.3) is 23.4 Å². The van der Waals surface area contributed by atoms with Crippen LogP contribution in [0.3, 0.4) is 0 Å². The second-order valence-electron chi connectivity index (χ2n) is 6.60. The van der Waals surface area contributed by atoms with Gasteiger partial charge in [0, 0.05) is 30.8 Å². The lowest BCUT2D eigenvalue weighted by atomic mass is 10.1. The highest BCUT2D eigenvalue weighted by molar-refractivity contribution is 6.22. The van der Waals surface area contributed by atoms with E-state index >= 15 is 0 Å². The van der Waals surface area contributed by atoms with Crippen LogP contribution in [0.2, 0.25) is 0 Å². The Labute approximate surface area is 171 Å². The molecule has 0 radical (unpaired) electrons. The molecule has 0 saturated heterocycles. The van der Waals surface area contributed by atoms with E-state index < -0.39 is 29.2 Å². The molecule has 0 spiro atoms. The number of benzene rings is 2. The number of nitro groups is 1. The van der Waals surface area contributed by atoms with Crippen LogP contribution in [0.4, 0.5) is 5.69 Å². The van der Waals surface area contributed by atoms with Crippen LogP contribution in [0.5, 0.6) is 0 Å². The lowest BCUT2D eigenvalue weighted by molar-refractivity contribution is -0.384. The Balaban J connectivity index is 1.51. The molecule has 2 aromatic carbocycles. The van der Waals surface area contributed by atoms with Crippen LogP contribution in [0, 0.1) is 17.0 Å². The molecule has 10 nitrogen and oxygen atoms in total. The number of fused-ring (bicyclic) bond motifs is 1. The zero-order valence-electron chi connectivity index (χ0n) is 16.0. The van der Waals surface area contributed by atoms with Crippen molar-refractivity contribution >= 4 is 29.3 Å². The smallest absolute Gasteiger partial charge is 0.270 e. The molecule has 0 saturated carbocycles. The maximum Gasteiger partial charge on any atom is 0.270 e. The van der Waals surface area contributed by atoms with E-state index in [2.05, 4.69) is 10.6 Å². The van der Waals surface area contributed by atoms with E-state index in [-0.39, 0.29) is 35.8 Å². The van der Waals surface area contributed by atoms with Gasteiger partial charge in [0.2, 0.25) is 5.91 Å². The molecule has 3 rings (SSSR count). The molecule has 2 N–H and O–H groups in total. The molecule has 0 fully saturated rings. The number of amides is 4. The minimum atomic E-state index is -0.762. The van der Waals surface area contributed by atoms with Crippen molar-refractivity contribution in [2.24, 2.45) is 0 Å². The number of hydrogen-bond donors (Lipinski definition) is 2. The van der Waals surface area contributed by atoms with E-state index in [4.69, 9.17) is 0 Å². The highest BCUT2D eigenvalue weighted by atomic mass is 16.6. The maximum absolute atomic E-state index is 12.4. The number of carbonyl (C=O) groups excluding carboxylic acids is 4. The van der Waals surface area contributed by atoms with Gasteiger partial charge in [-0.05, 0) is 24.6 Å². The molecule has 0 unspecified atom stereocenters. The van der Waals surface area contributed by atoms with Crippen molar-refractivity contribution in [1.29, 1.82) is 0 Å². The van der Waals surface area contributed by atoms with Crippen molar-refractivity contribution in [3.05, 3.63) is 74.8 Å². The third-order valence-corrected chi connectivity index (χ3v) is 4.59. The highest BCUT2D eigenvalue weighted by Crippen LogP contribution is 2.26. The minimum absolute atomic E-state index is 0.0175. The average Bonchev–Trinajstić information content (AvgIpc) is 2.95. The van der Waals surface area contributed by atoms with Crippen LogP contribution in [0.15, 0.2) is 42.5 Å². The Morgan fingerprint density at radius 3 is 2.37 bits per heavy atom. The Hall–Kier alpha value is -4.08. The number of aryl methyl sites for hydroxylation is 1. The topological polar surface area (TPSA) is 139 Å². The van der Waals surface area contributed by atoms with Gasteiger partial charge in [0.1, 0.15) is 6.54 Å². The van der Waals surface area contributed by atoms with Gasteiger partial charge in [-0.1, -0.05) is 18.2 Å². The minimum Gasteiger partial charge on any atom is -0.353 e. The molecule has 1 aliphatic rings. The number of nitro benzene ring substituents is 1. The number of carbonyl (C=O) groups is 4. The van der Waals surface area contributed by atoms with Gasteiger partial charge in [-0.2, -0.15) is 0 Å². The molecular weight excluding hydrogens is 392 g/mol. The van der Waals surface area contributed by atoms with Gasteiger partial charge in [-0.15, -0.1) is 0 Å². The van der Waals surface area contributed by atoms with Gasteiger partial charge in [-0.3, -0.25) is 34.2 Å². The number of non-ortho nitro benzene ring substituents is 1. The molecule has 0 aromatic heterocycles. The predicted octanol–water partition coefficient (Wildman–Crippen LogP) is 1.05. The second-order valence-corrected chi connectivity index (χ2v) is 6.60. The van der Waals surface area contributed by atoms with Crippen LogP contribution in [0.1, 0.15) is 36.6 Å². The van der Waals surface area contributed by atoms with E-state index in [1.54, 1.807) is 12.1 Å². The third kappa shape index (κ3) is 4.17. The van der Waals surface area contributed by atoms with Crippen molar-refractivity contribution in [3.8, 4) is 0 Å². The van der Waals surface area contributed by atoms with Gasteiger partial charge >= 0.3 is 0 Å². The van der Waals surface area contributed by atoms with Crippen molar-refractivity contribution in [2.45, 2.75) is 6.92 Å². The summed E-state index contributed by atoms with van der Waals surface area (Å²) in [6, 6.07) is 10.4. The van der Waals surface area contributed by atoms with Crippen LogP contribution in [-0.4, -0.2) is 53.1 Å². The summed E-state index contributed by atoms with van der Waals surface area (Å²) in [5.74, 6) is -2.32. The van der Waals surface area contributed by atoms with E-state index in [1.807, 2.05) is 19.1 Å². The Bertz CT molecular complexity index is 1070. The third-order valence-electron chi connectivity index (χ3n) is 4.59. The molecular formula is C20H18N4O6. The fourth-order valence-electron chi connectivity index (χ4n) is 3.04. The highest BCUT2D eigenvalue weighted by Gasteiger charge is 2.37. The monoisotopic (exact) mass is 410 g/mol. The van der Waals surface area contributed by atoms with Crippen molar-refractivity contribution in [3.63, 3.8) is 0 Å².